The highest BCUT2D eigenvalue weighted by Crippen LogP contribution is 2.16. The summed E-state index contributed by atoms with van der Waals surface area (Å²) in [6.45, 7) is 0.455. The lowest BCUT2D eigenvalue weighted by atomic mass is 10.2. The van der Waals surface area contributed by atoms with Gasteiger partial charge in [-0.2, -0.15) is 0 Å². The minimum absolute atomic E-state index is 0.240. The zero-order valence-electron chi connectivity index (χ0n) is 11.7. The highest BCUT2D eigenvalue weighted by atomic mass is 16.5. The molecule has 0 bridgehead atoms. The highest BCUT2D eigenvalue weighted by Gasteiger charge is 1.92. The fourth-order valence-corrected chi connectivity index (χ4v) is 1.59. The third-order valence-electron chi connectivity index (χ3n) is 2.69. The number of allylic oxidation sites excluding steroid dienone is 1. The first-order valence-corrected chi connectivity index (χ1v) is 6.50. The minimum Gasteiger partial charge on any atom is -0.508 e. The lowest BCUT2D eigenvalue weighted by molar-refractivity contribution is 0.361. The van der Waals surface area contributed by atoms with Crippen LogP contribution in [0.1, 0.15) is 5.56 Å². The predicted molar refractivity (Wildman–Crippen MR) is 82.6 cm³/mol. The molecule has 0 saturated heterocycles. The Morgan fingerprint density at radius 2 is 1.67 bits per heavy atom. The summed E-state index contributed by atoms with van der Waals surface area (Å²) in [7, 11) is 1.63. The maximum atomic E-state index is 9.15. The van der Waals surface area contributed by atoms with Crippen molar-refractivity contribution in [3.8, 4) is 29.1 Å². The van der Waals surface area contributed by atoms with Gasteiger partial charge in [0.25, 0.3) is 0 Å². The summed E-state index contributed by atoms with van der Waals surface area (Å²) in [5.41, 5.74) is 0.855. The van der Waals surface area contributed by atoms with Crippen molar-refractivity contribution in [2.45, 2.75) is 0 Å². The van der Waals surface area contributed by atoms with Crippen molar-refractivity contribution in [3.63, 3.8) is 0 Å². The van der Waals surface area contributed by atoms with Crippen LogP contribution in [0, 0.1) is 11.8 Å². The van der Waals surface area contributed by atoms with Gasteiger partial charge in [0, 0.05) is 5.56 Å². The lowest BCUT2D eigenvalue weighted by Gasteiger charge is -2.03. The van der Waals surface area contributed by atoms with Crippen molar-refractivity contribution >= 4 is 0 Å². The Kier molecular flexibility index (Phi) is 5.31. The van der Waals surface area contributed by atoms with E-state index in [0.29, 0.717) is 6.61 Å². The molecule has 0 aliphatic rings. The van der Waals surface area contributed by atoms with E-state index in [9.17, 15) is 0 Å². The molecule has 106 valence electrons. The Morgan fingerprint density at radius 3 is 2.33 bits per heavy atom. The van der Waals surface area contributed by atoms with E-state index in [0.717, 1.165) is 17.1 Å². The summed E-state index contributed by atoms with van der Waals surface area (Å²) in [6.07, 6.45) is 3.59. The van der Waals surface area contributed by atoms with Crippen molar-refractivity contribution in [1.29, 1.82) is 0 Å². The average Bonchev–Trinajstić information content (AvgIpc) is 2.53. The van der Waals surface area contributed by atoms with Gasteiger partial charge in [-0.3, -0.25) is 0 Å². The molecular weight excluding hydrogens is 264 g/mol. The second-order valence-electron chi connectivity index (χ2n) is 4.21. The van der Waals surface area contributed by atoms with E-state index in [1.165, 1.54) is 0 Å². The van der Waals surface area contributed by atoms with Gasteiger partial charge in [-0.15, -0.1) is 0 Å². The first-order valence-electron chi connectivity index (χ1n) is 6.50. The molecule has 0 aliphatic heterocycles. The molecule has 21 heavy (non-hydrogen) atoms. The third-order valence-corrected chi connectivity index (χ3v) is 2.69. The molecule has 2 aromatic rings. The second kappa shape index (κ2) is 7.66. The lowest BCUT2D eigenvalue weighted by Crippen LogP contribution is -1.92. The Labute approximate surface area is 124 Å². The second-order valence-corrected chi connectivity index (χ2v) is 4.21. The number of methoxy groups -OCH3 is 1. The standard InChI is InChI=1S/C18H16O3/c1-20-17-10-12-18(13-11-17)21-14-4-2-3-5-15-6-8-16(19)9-7-15/h2,4,6-13,19H,14H2,1H3/b4-2+. The predicted octanol–water partition coefficient (Wildman–Crippen LogP) is 3.39. The number of benzene rings is 2. The Morgan fingerprint density at radius 1 is 1.00 bits per heavy atom. The van der Waals surface area contributed by atoms with Crippen LogP contribution in [-0.2, 0) is 0 Å². The van der Waals surface area contributed by atoms with Crippen LogP contribution in [0.4, 0.5) is 0 Å². The molecule has 2 aromatic carbocycles. The fourth-order valence-electron chi connectivity index (χ4n) is 1.59. The topological polar surface area (TPSA) is 38.7 Å². The fraction of sp³-hybridized carbons (Fsp3) is 0.111. The van der Waals surface area contributed by atoms with Crippen LogP contribution in [-0.4, -0.2) is 18.8 Å². The van der Waals surface area contributed by atoms with Gasteiger partial charge in [0.15, 0.2) is 0 Å². The molecule has 0 spiro atoms. The van der Waals surface area contributed by atoms with Gasteiger partial charge in [0.05, 0.1) is 7.11 Å². The molecule has 0 atom stereocenters. The van der Waals surface area contributed by atoms with Crippen LogP contribution in [0.2, 0.25) is 0 Å². The number of phenolic OH excluding ortho intramolecular Hbond substituents is 1. The summed E-state index contributed by atoms with van der Waals surface area (Å²) in [5.74, 6) is 7.71. The summed E-state index contributed by atoms with van der Waals surface area (Å²) in [6, 6.07) is 14.2. The van der Waals surface area contributed by atoms with Crippen LogP contribution in [0.15, 0.2) is 60.7 Å². The molecule has 0 saturated carbocycles. The quantitative estimate of drug-likeness (QED) is 0.872. The number of phenols is 1. The van der Waals surface area contributed by atoms with Crippen LogP contribution < -0.4 is 9.47 Å². The van der Waals surface area contributed by atoms with E-state index in [-0.39, 0.29) is 5.75 Å². The van der Waals surface area contributed by atoms with Crippen LogP contribution in [0.5, 0.6) is 17.2 Å². The van der Waals surface area contributed by atoms with Crippen LogP contribution >= 0.6 is 0 Å². The van der Waals surface area contributed by atoms with Gasteiger partial charge >= 0.3 is 0 Å². The van der Waals surface area contributed by atoms with Gasteiger partial charge in [-0.05, 0) is 60.7 Å². The Balaban J connectivity index is 1.79. The summed E-state index contributed by atoms with van der Waals surface area (Å²) < 4.78 is 10.6. The van der Waals surface area contributed by atoms with Crippen LogP contribution in [0.3, 0.4) is 0 Å². The number of hydrogen-bond acceptors (Lipinski definition) is 3. The largest absolute Gasteiger partial charge is 0.508 e. The molecule has 3 nitrogen and oxygen atoms in total. The van der Waals surface area contributed by atoms with E-state index in [4.69, 9.17) is 14.6 Å². The minimum atomic E-state index is 0.240. The monoisotopic (exact) mass is 280 g/mol. The SMILES string of the molecule is COc1ccc(OC/C=C/C#Cc2ccc(O)cc2)cc1. The van der Waals surface area contributed by atoms with Crippen molar-refractivity contribution in [1.82, 2.24) is 0 Å². The Bertz CT molecular complexity index is 644. The molecule has 2 rings (SSSR count). The number of hydrogen-bond donors (Lipinski definition) is 1. The van der Waals surface area contributed by atoms with Crippen molar-refractivity contribution in [2.75, 3.05) is 13.7 Å². The molecular formula is C18H16O3. The first kappa shape index (κ1) is 14.5. The zero-order valence-corrected chi connectivity index (χ0v) is 11.7. The van der Waals surface area contributed by atoms with Gasteiger partial charge in [0.2, 0.25) is 0 Å². The normalized spacial score (nSPS) is 9.95. The summed E-state index contributed by atoms with van der Waals surface area (Å²) in [4.78, 5) is 0. The highest BCUT2D eigenvalue weighted by molar-refractivity contribution is 5.39. The average molecular weight is 280 g/mol. The van der Waals surface area contributed by atoms with Crippen LogP contribution in [0.25, 0.3) is 0 Å². The maximum Gasteiger partial charge on any atom is 0.120 e. The molecule has 0 heterocycles. The summed E-state index contributed by atoms with van der Waals surface area (Å²) >= 11 is 0. The molecule has 0 aliphatic carbocycles. The smallest absolute Gasteiger partial charge is 0.120 e. The van der Waals surface area contributed by atoms with E-state index >= 15 is 0 Å². The number of aromatic hydroxyl groups is 1. The van der Waals surface area contributed by atoms with Gasteiger partial charge in [-0.25, -0.2) is 0 Å². The molecule has 0 aromatic heterocycles. The molecule has 1 N–H and O–H groups in total. The molecule has 3 heteroatoms. The molecule has 0 unspecified atom stereocenters. The van der Waals surface area contributed by atoms with E-state index in [1.807, 2.05) is 30.3 Å². The molecule has 0 radical (unpaired) electrons. The first-order chi connectivity index (χ1) is 10.3. The maximum absolute atomic E-state index is 9.15. The van der Waals surface area contributed by atoms with Crippen molar-refractivity contribution < 1.29 is 14.6 Å². The summed E-state index contributed by atoms with van der Waals surface area (Å²) in [5, 5.41) is 9.15. The third kappa shape index (κ3) is 4.96. The Hall–Kier alpha value is -2.86. The van der Waals surface area contributed by atoms with Gasteiger partial charge in [0.1, 0.15) is 23.9 Å². The van der Waals surface area contributed by atoms with E-state index in [1.54, 1.807) is 37.5 Å². The number of rotatable bonds is 4. The van der Waals surface area contributed by atoms with Crippen molar-refractivity contribution in [2.24, 2.45) is 0 Å². The molecule has 0 fully saturated rings. The van der Waals surface area contributed by atoms with Crippen molar-refractivity contribution in [3.05, 3.63) is 66.2 Å². The molecule has 0 amide bonds. The number of ether oxygens (including phenoxy) is 2. The van der Waals surface area contributed by atoms with E-state index < -0.39 is 0 Å². The zero-order chi connectivity index (χ0) is 14.9. The van der Waals surface area contributed by atoms with E-state index in [2.05, 4.69) is 11.8 Å². The van der Waals surface area contributed by atoms with Gasteiger partial charge < -0.3 is 14.6 Å². The van der Waals surface area contributed by atoms with Gasteiger partial charge in [-0.1, -0.05) is 11.8 Å².